The molecular formula is C24H23F3N2O2S. The highest BCUT2D eigenvalue weighted by Gasteiger charge is 2.38. The van der Waals surface area contributed by atoms with Crippen molar-refractivity contribution in [3.8, 4) is 11.8 Å². The predicted molar refractivity (Wildman–Crippen MR) is 116 cm³/mol. The maximum atomic E-state index is 12.8. The summed E-state index contributed by atoms with van der Waals surface area (Å²) in [6, 6.07) is 13.2. The molecule has 1 N–H and O–H groups in total. The number of benzene rings is 1. The number of hydrogen-bond acceptors (Lipinski definition) is 4. The predicted octanol–water partition coefficient (Wildman–Crippen LogP) is 6.06. The zero-order valence-electron chi connectivity index (χ0n) is 17.6. The van der Waals surface area contributed by atoms with E-state index in [2.05, 4.69) is 17.5 Å². The first-order valence-corrected chi connectivity index (χ1v) is 11.4. The van der Waals surface area contributed by atoms with E-state index in [9.17, 15) is 23.2 Å². The Morgan fingerprint density at radius 1 is 1.22 bits per heavy atom. The van der Waals surface area contributed by atoms with Crippen LogP contribution in [0.15, 0.2) is 42.0 Å². The number of thiophene rings is 1. The van der Waals surface area contributed by atoms with Crippen LogP contribution in [0.2, 0.25) is 0 Å². The minimum atomic E-state index is -4.18. The molecule has 0 spiro atoms. The first kappa shape index (κ1) is 22.4. The second-order valence-corrected chi connectivity index (χ2v) is 9.61. The molecule has 1 atom stereocenters. The molecule has 2 aliphatic rings. The van der Waals surface area contributed by atoms with Crippen molar-refractivity contribution < 1.29 is 22.7 Å². The second kappa shape index (κ2) is 8.62. The van der Waals surface area contributed by atoms with Gasteiger partial charge in [0.05, 0.1) is 12.1 Å². The van der Waals surface area contributed by atoms with Gasteiger partial charge in [-0.05, 0) is 67.5 Å². The number of rotatable bonds is 7. The van der Waals surface area contributed by atoms with Crippen molar-refractivity contribution in [2.75, 3.05) is 6.61 Å². The molecule has 0 unspecified atom stereocenters. The molecule has 4 rings (SSSR count). The third-order valence-electron chi connectivity index (χ3n) is 5.83. The SMILES string of the molecule is C[C@@]1(c2ccc(OCCCC(F)(F)F)cc2)CC(c2ccc(C3CC3)s2)=C(C#N)C(=O)N1. The van der Waals surface area contributed by atoms with Gasteiger partial charge in [0.2, 0.25) is 0 Å². The molecule has 1 fully saturated rings. The number of carbonyl (C=O) groups excluding carboxylic acids is 1. The minimum Gasteiger partial charge on any atom is -0.494 e. The topological polar surface area (TPSA) is 62.1 Å². The van der Waals surface area contributed by atoms with E-state index >= 15 is 0 Å². The lowest BCUT2D eigenvalue weighted by molar-refractivity contribution is -0.136. The molecule has 2 heterocycles. The van der Waals surface area contributed by atoms with Crippen molar-refractivity contribution in [1.29, 1.82) is 5.26 Å². The Labute approximate surface area is 188 Å². The fourth-order valence-electron chi connectivity index (χ4n) is 3.92. The van der Waals surface area contributed by atoms with Gasteiger partial charge in [0.15, 0.2) is 0 Å². The smallest absolute Gasteiger partial charge is 0.389 e. The zero-order chi connectivity index (χ0) is 22.9. The van der Waals surface area contributed by atoms with Crippen molar-refractivity contribution in [2.24, 2.45) is 0 Å². The van der Waals surface area contributed by atoms with E-state index in [-0.39, 0.29) is 18.6 Å². The van der Waals surface area contributed by atoms with Crippen LogP contribution >= 0.6 is 11.3 Å². The highest BCUT2D eigenvalue weighted by atomic mass is 32.1. The van der Waals surface area contributed by atoms with Crippen LogP contribution in [-0.4, -0.2) is 18.7 Å². The van der Waals surface area contributed by atoms with Gasteiger partial charge in [-0.1, -0.05) is 12.1 Å². The quantitative estimate of drug-likeness (QED) is 0.511. The summed E-state index contributed by atoms with van der Waals surface area (Å²) >= 11 is 1.65. The lowest BCUT2D eigenvalue weighted by atomic mass is 9.80. The van der Waals surface area contributed by atoms with Crippen molar-refractivity contribution in [3.05, 3.63) is 57.3 Å². The second-order valence-electron chi connectivity index (χ2n) is 8.50. The Morgan fingerprint density at radius 3 is 2.56 bits per heavy atom. The summed E-state index contributed by atoms with van der Waals surface area (Å²) in [6.45, 7) is 1.89. The molecular weight excluding hydrogens is 437 g/mol. The first-order valence-electron chi connectivity index (χ1n) is 10.5. The lowest BCUT2D eigenvalue weighted by Crippen LogP contribution is -2.47. The summed E-state index contributed by atoms with van der Waals surface area (Å²) in [5, 5.41) is 12.6. The summed E-state index contributed by atoms with van der Waals surface area (Å²) in [5.41, 5.74) is 1.02. The third-order valence-corrected chi connectivity index (χ3v) is 7.14. The van der Waals surface area contributed by atoms with Crippen LogP contribution in [0.3, 0.4) is 0 Å². The average molecular weight is 461 g/mol. The summed E-state index contributed by atoms with van der Waals surface area (Å²) in [6.07, 6.45) is -2.32. The van der Waals surface area contributed by atoms with Gasteiger partial charge in [-0.15, -0.1) is 11.3 Å². The lowest BCUT2D eigenvalue weighted by Gasteiger charge is -2.36. The molecule has 1 amide bonds. The van der Waals surface area contributed by atoms with Gasteiger partial charge in [0, 0.05) is 22.6 Å². The van der Waals surface area contributed by atoms with Gasteiger partial charge in [0.1, 0.15) is 17.4 Å². The molecule has 0 saturated heterocycles. The summed E-state index contributed by atoms with van der Waals surface area (Å²) in [5.74, 6) is 0.680. The molecule has 0 bridgehead atoms. The number of halogens is 3. The van der Waals surface area contributed by atoms with Crippen LogP contribution in [0.25, 0.3) is 5.57 Å². The number of hydrogen-bond donors (Lipinski definition) is 1. The van der Waals surface area contributed by atoms with Crippen molar-refractivity contribution in [1.82, 2.24) is 5.32 Å². The number of amides is 1. The van der Waals surface area contributed by atoms with E-state index in [1.165, 1.54) is 17.7 Å². The van der Waals surface area contributed by atoms with Gasteiger partial charge in [-0.25, -0.2) is 0 Å². The van der Waals surface area contributed by atoms with Gasteiger partial charge < -0.3 is 10.1 Å². The number of nitriles is 1. The van der Waals surface area contributed by atoms with Crippen molar-refractivity contribution in [3.63, 3.8) is 0 Å². The number of carbonyl (C=O) groups is 1. The van der Waals surface area contributed by atoms with Crippen LogP contribution in [0.1, 0.15) is 60.3 Å². The van der Waals surface area contributed by atoms with Crippen molar-refractivity contribution in [2.45, 2.75) is 56.7 Å². The van der Waals surface area contributed by atoms with E-state index < -0.39 is 24.0 Å². The van der Waals surface area contributed by atoms with E-state index in [1.54, 1.807) is 35.6 Å². The summed E-state index contributed by atoms with van der Waals surface area (Å²) in [4.78, 5) is 15.0. The standard InChI is InChI=1S/C24H23F3N2O2S/c1-23(16-5-7-17(8-6-16)31-12-2-11-24(25,26)27)13-18(19(14-28)22(30)29-23)21-10-9-20(32-21)15-3-4-15/h5-10,15H,2-4,11-13H2,1H3,(H,29,30)/t23-/m0/s1. The summed E-state index contributed by atoms with van der Waals surface area (Å²) in [7, 11) is 0. The van der Waals surface area contributed by atoms with Crippen LogP contribution in [0.4, 0.5) is 13.2 Å². The van der Waals surface area contributed by atoms with Crippen molar-refractivity contribution >= 4 is 22.8 Å². The van der Waals surface area contributed by atoms with Gasteiger partial charge >= 0.3 is 6.18 Å². The molecule has 32 heavy (non-hydrogen) atoms. The number of nitrogens with zero attached hydrogens (tertiary/aromatic N) is 1. The first-order chi connectivity index (χ1) is 15.2. The molecule has 168 valence electrons. The van der Waals surface area contributed by atoms with Crippen LogP contribution in [-0.2, 0) is 10.3 Å². The molecule has 1 aromatic heterocycles. The van der Waals surface area contributed by atoms with E-state index in [4.69, 9.17) is 4.74 Å². The number of nitrogens with one attached hydrogen (secondary N) is 1. The maximum absolute atomic E-state index is 12.8. The minimum absolute atomic E-state index is 0.0209. The molecule has 1 aliphatic carbocycles. The highest BCUT2D eigenvalue weighted by molar-refractivity contribution is 7.13. The average Bonchev–Trinajstić information content (AvgIpc) is 3.47. The fraction of sp³-hybridized carbons (Fsp3) is 0.417. The van der Waals surface area contributed by atoms with E-state index in [0.29, 0.717) is 18.1 Å². The molecule has 2 aromatic rings. The molecule has 0 radical (unpaired) electrons. The maximum Gasteiger partial charge on any atom is 0.389 e. The highest BCUT2D eigenvalue weighted by Crippen LogP contribution is 2.46. The molecule has 1 saturated carbocycles. The number of ether oxygens (including phenoxy) is 1. The Kier molecular flexibility index (Phi) is 6.04. The number of alkyl halides is 3. The zero-order valence-corrected chi connectivity index (χ0v) is 18.4. The molecule has 8 heteroatoms. The Bertz CT molecular complexity index is 1080. The van der Waals surface area contributed by atoms with E-state index in [0.717, 1.165) is 16.0 Å². The van der Waals surface area contributed by atoms with E-state index in [1.807, 2.05) is 13.0 Å². The van der Waals surface area contributed by atoms with Gasteiger partial charge in [-0.2, -0.15) is 18.4 Å². The van der Waals surface area contributed by atoms with Gasteiger partial charge in [-0.3, -0.25) is 4.79 Å². The molecule has 1 aliphatic heterocycles. The largest absolute Gasteiger partial charge is 0.494 e. The normalized spacial score (nSPS) is 21.3. The van der Waals surface area contributed by atoms with Crippen LogP contribution < -0.4 is 10.1 Å². The van der Waals surface area contributed by atoms with Crippen LogP contribution in [0.5, 0.6) is 5.75 Å². The Morgan fingerprint density at radius 2 is 1.94 bits per heavy atom. The third kappa shape index (κ3) is 4.99. The Balaban J connectivity index is 1.50. The Hall–Kier alpha value is -2.79. The molecule has 1 aromatic carbocycles. The fourth-order valence-corrected chi connectivity index (χ4v) is 5.15. The summed E-state index contributed by atoms with van der Waals surface area (Å²) < 4.78 is 42.2. The molecule has 4 nitrogen and oxygen atoms in total. The van der Waals surface area contributed by atoms with Gasteiger partial charge in [0.25, 0.3) is 5.91 Å². The van der Waals surface area contributed by atoms with Crippen LogP contribution in [0, 0.1) is 11.3 Å². The monoisotopic (exact) mass is 460 g/mol.